The van der Waals surface area contributed by atoms with Crippen molar-refractivity contribution in [2.24, 2.45) is 0 Å². The lowest BCUT2D eigenvalue weighted by atomic mass is 10.1. The van der Waals surface area contributed by atoms with E-state index in [1.165, 1.54) is 0 Å². The first-order valence-corrected chi connectivity index (χ1v) is 7.44. The van der Waals surface area contributed by atoms with Crippen LogP contribution in [0.5, 0.6) is 5.75 Å². The molecule has 0 aliphatic carbocycles. The lowest BCUT2D eigenvalue weighted by Gasteiger charge is -2.33. The molecule has 5 heteroatoms. The fourth-order valence-corrected chi connectivity index (χ4v) is 2.64. The molecule has 1 atom stereocenters. The van der Waals surface area contributed by atoms with Gasteiger partial charge >= 0.3 is 0 Å². The number of nitrogens with zero attached hydrogens (tertiary/aromatic N) is 1. The van der Waals surface area contributed by atoms with Crippen LogP contribution in [0.3, 0.4) is 0 Å². The molecule has 1 fully saturated rings. The van der Waals surface area contributed by atoms with Crippen LogP contribution < -0.4 is 10.1 Å². The molecule has 0 saturated carbocycles. The van der Waals surface area contributed by atoms with Crippen molar-refractivity contribution in [1.82, 2.24) is 10.2 Å². The molecule has 1 heterocycles. The number of Topliss-reactive ketones (excluding diaryl/α,β-unsaturated/α-hetero) is 1. The summed E-state index contributed by atoms with van der Waals surface area (Å²) >= 11 is 0. The average Bonchev–Trinajstić information content (AvgIpc) is 2.48. The maximum absolute atomic E-state index is 12.5. The van der Waals surface area contributed by atoms with Crippen molar-refractivity contribution in [1.29, 1.82) is 0 Å². The summed E-state index contributed by atoms with van der Waals surface area (Å²) in [6.07, 6.45) is 0.701. The molecule has 1 amide bonds. The first-order chi connectivity index (χ1) is 10.2. The second kappa shape index (κ2) is 7.22. The van der Waals surface area contributed by atoms with Crippen LogP contribution >= 0.6 is 0 Å². The van der Waals surface area contributed by atoms with E-state index in [1.807, 2.05) is 30.9 Å². The first kappa shape index (κ1) is 15.5. The quantitative estimate of drug-likeness (QED) is 0.806. The molecule has 5 nitrogen and oxygen atoms in total. The topological polar surface area (TPSA) is 58.6 Å². The minimum atomic E-state index is -0.220. The normalized spacial score (nSPS) is 19.1. The molecule has 0 radical (unpaired) electrons. The van der Waals surface area contributed by atoms with Gasteiger partial charge in [0.1, 0.15) is 5.75 Å². The van der Waals surface area contributed by atoms with Crippen LogP contribution in [-0.4, -0.2) is 48.9 Å². The number of hydrogen-bond acceptors (Lipinski definition) is 4. The van der Waals surface area contributed by atoms with Crippen LogP contribution in [0.1, 0.15) is 30.6 Å². The highest BCUT2D eigenvalue weighted by Gasteiger charge is 2.29. The zero-order chi connectivity index (χ0) is 15.2. The van der Waals surface area contributed by atoms with Crippen LogP contribution in [0.25, 0.3) is 0 Å². The highest BCUT2D eigenvalue weighted by molar-refractivity contribution is 6.00. The van der Waals surface area contributed by atoms with E-state index in [0.29, 0.717) is 37.4 Å². The first-order valence-electron chi connectivity index (χ1n) is 7.44. The van der Waals surface area contributed by atoms with Crippen molar-refractivity contribution >= 4 is 11.7 Å². The SMILES string of the molecule is CCOc1ccccc1C(=O)CN1CCNC(=O)C1CC. The van der Waals surface area contributed by atoms with Gasteiger partial charge in [-0.05, 0) is 25.5 Å². The highest BCUT2D eigenvalue weighted by atomic mass is 16.5. The summed E-state index contributed by atoms with van der Waals surface area (Å²) < 4.78 is 5.50. The number of carbonyl (C=O) groups is 2. The van der Waals surface area contributed by atoms with Crippen molar-refractivity contribution in [3.8, 4) is 5.75 Å². The summed E-state index contributed by atoms with van der Waals surface area (Å²) in [5.41, 5.74) is 0.584. The maximum Gasteiger partial charge on any atom is 0.237 e. The number of para-hydroxylation sites is 1. The number of hydrogen-bond donors (Lipinski definition) is 1. The van der Waals surface area contributed by atoms with E-state index in [0.717, 1.165) is 0 Å². The molecule has 1 aliphatic heterocycles. The molecule has 1 aromatic carbocycles. The molecule has 114 valence electrons. The summed E-state index contributed by atoms with van der Waals surface area (Å²) in [6, 6.07) is 7.04. The number of rotatable bonds is 6. The van der Waals surface area contributed by atoms with Gasteiger partial charge in [0, 0.05) is 13.1 Å². The second-order valence-corrected chi connectivity index (χ2v) is 5.04. The zero-order valence-corrected chi connectivity index (χ0v) is 12.6. The zero-order valence-electron chi connectivity index (χ0n) is 12.6. The van der Waals surface area contributed by atoms with Gasteiger partial charge in [0.2, 0.25) is 5.91 Å². The molecule has 2 rings (SSSR count). The van der Waals surface area contributed by atoms with Crippen molar-refractivity contribution < 1.29 is 14.3 Å². The van der Waals surface area contributed by atoms with Crippen LogP contribution in [0.4, 0.5) is 0 Å². The number of nitrogens with one attached hydrogen (secondary N) is 1. The number of benzene rings is 1. The number of amides is 1. The fourth-order valence-electron chi connectivity index (χ4n) is 2.64. The Morgan fingerprint density at radius 3 is 2.86 bits per heavy atom. The molecule has 1 aromatic rings. The van der Waals surface area contributed by atoms with Gasteiger partial charge in [0.05, 0.1) is 24.8 Å². The molecule has 1 aliphatic rings. The maximum atomic E-state index is 12.5. The monoisotopic (exact) mass is 290 g/mol. The minimum absolute atomic E-state index is 0.00722. The molecule has 21 heavy (non-hydrogen) atoms. The molecule has 1 saturated heterocycles. The lowest BCUT2D eigenvalue weighted by molar-refractivity contribution is -0.128. The van der Waals surface area contributed by atoms with Gasteiger partial charge in [0.25, 0.3) is 0 Å². The fraction of sp³-hybridized carbons (Fsp3) is 0.500. The third kappa shape index (κ3) is 3.61. The van der Waals surface area contributed by atoms with E-state index in [1.54, 1.807) is 12.1 Å². The Morgan fingerprint density at radius 1 is 1.38 bits per heavy atom. The van der Waals surface area contributed by atoms with E-state index in [4.69, 9.17) is 4.74 Å². The summed E-state index contributed by atoms with van der Waals surface area (Å²) in [5, 5.41) is 2.84. The van der Waals surface area contributed by atoms with Crippen molar-refractivity contribution in [3.05, 3.63) is 29.8 Å². The largest absolute Gasteiger partial charge is 0.493 e. The van der Waals surface area contributed by atoms with Gasteiger partial charge in [-0.1, -0.05) is 19.1 Å². The molecule has 1 unspecified atom stereocenters. The number of carbonyl (C=O) groups excluding carboxylic acids is 2. The summed E-state index contributed by atoms with van der Waals surface area (Å²) in [5.74, 6) is 0.612. The molecular formula is C16H22N2O3. The van der Waals surface area contributed by atoms with Crippen molar-refractivity contribution in [2.45, 2.75) is 26.3 Å². The Labute approximate surface area is 125 Å². The Bertz CT molecular complexity index is 516. The minimum Gasteiger partial charge on any atom is -0.493 e. The van der Waals surface area contributed by atoms with Crippen molar-refractivity contribution in [3.63, 3.8) is 0 Å². The van der Waals surface area contributed by atoms with E-state index in [9.17, 15) is 9.59 Å². The third-order valence-corrected chi connectivity index (χ3v) is 3.66. The molecule has 1 N–H and O–H groups in total. The van der Waals surface area contributed by atoms with Crippen molar-refractivity contribution in [2.75, 3.05) is 26.2 Å². The van der Waals surface area contributed by atoms with E-state index in [2.05, 4.69) is 5.32 Å². The van der Waals surface area contributed by atoms with Gasteiger partial charge in [-0.15, -0.1) is 0 Å². The van der Waals surface area contributed by atoms with E-state index in [-0.39, 0.29) is 24.3 Å². The Kier molecular flexibility index (Phi) is 5.33. The van der Waals surface area contributed by atoms with E-state index < -0.39 is 0 Å². The van der Waals surface area contributed by atoms with E-state index >= 15 is 0 Å². The smallest absolute Gasteiger partial charge is 0.237 e. The van der Waals surface area contributed by atoms with Gasteiger partial charge in [-0.2, -0.15) is 0 Å². The number of ether oxygens (including phenoxy) is 1. The summed E-state index contributed by atoms with van der Waals surface area (Å²) in [7, 11) is 0. The molecular weight excluding hydrogens is 268 g/mol. The Balaban J connectivity index is 2.12. The van der Waals surface area contributed by atoms with Crippen LogP contribution in [0, 0.1) is 0 Å². The van der Waals surface area contributed by atoms with Gasteiger partial charge in [-0.25, -0.2) is 0 Å². The molecule has 0 spiro atoms. The predicted octanol–water partition coefficient (Wildman–Crippen LogP) is 1.48. The van der Waals surface area contributed by atoms with Crippen LogP contribution in [0.15, 0.2) is 24.3 Å². The van der Waals surface area contributed by atoms with Crippen LogP contribution in [0.2, 0.25) is 0 Å². The highest BCUT2D eigenvalue weighted by Crippen LogP contribution is 2.20. The Morgan fingerprint density at radius 2 is 2.14 bits per heavy atom. The summed E-state index contributed by atoms with van der Waals surface area (Å²) in [4.78, 5) is 26.3. The summed E-state index contributed by atoms with van der Waals surface area (Å²) in [6.45, 7) is 5.91. The van der Waals surface area contributed by atoms with Crippen LogP contribution in [-0.2, 0) is 4.79 Å². The predicted molar refractivity (Wildman–Crippen MR) is 80.6 cm³/mol. The second-order valence-electron chi connectivity index (χ2n) is 5.04. The number of piperazine rings is 1. The number of ketones is 1. The standard InChI is InChI=1S/C16H22N2O3/c1-3-13-16(20)17-9-10-18(13)11-14(19)12-7-5-6-8-15(12)21-4-2/h5-8,13H,3-4,9-11H2,1-2H3,(H,17,20). The molecule has 0 aromatic heterocycles. The molecule has 0 bridgehead atoms. The van der Waals surface area contributed by atoms with Gasteiger partial charge in [-0.3, -0.25) is 14.5 Å². The lowest BCUT2D eigenvalue weighted by Crippen LogP contribution is -2.56. The Hall–Kier alpha value is -1.88. The third-order valence-electron chi connectivity index (χ3n) is 3.66. The van der Waals surface area contributed by atoms with Gasteiger partial charge < -0.3 is 10.1 Å². The average molecular weight is 290 g/mol. The van der Waals surface area contributed by atoms with Gasteiger partial charge in [0.15, 0.2) is 5.78 Å².